The molecule has 0 saturated carbocycles. The molecule has 1 aliphatic heterocycles. The number of rotatable bonds is 2. The van der Waals surface area contributed by atoms with E-state index in [0.29, 0.717) is 5.92 Å². The van der Waals surface area contributed by atoms with Crippen LogP contribution in [0.25, 0.3) is 0 Å². The molecule has 1 aliphatic rings. The van der Waals surface area contributed by atoms with E-state index in [2.05, 4.69) is 58.7 Å². The first-order valence-corrected chi connectivity index (χ1v) is 6.99. The zero-order valence-corrected chi connectivity index (χ0v) is 12.7. The summed E-state index contributed by atoms with van der Waals surface area (Å²) in [5.41, 5.74) is 4.04. The van der Waals surface area contributed by atoms with Crippen LogP contribution in [0, 0.1) is 5.92 Å². The lowest BCUT2D eigenvalue weighted by atomic mass is 10.0. The van der Waals surface area contributed by atoms with Gasteiger partial charge in [0.25, 0.3) is 0 Å². The molecule has 1 rings (SSSR count). The van der Waals surface area contributed by atoms with E-state index in [1.165, 1.54) is 17.0 Å². The molecule has 0 radical (unpaired) electrons. The summed E-state index contributed by atoms with van der Waals surface area (Å²) in [6.07, 6.45) is 6.40. The van der Waals surface area contributed by atoms with Gasteiger partial charge in [-0.1, -0.05) is 32.4 Å². The molecule has 0 aromatic rings. The van der Waals surface area contributed by atoms with Crippen LogP contribution in [0.4, 0.5) is 0 Å². The number of allylic oxidation sites excluding steroid dienone is 3. The van der Waals surface area contributed by atoms with Crippen LogP contribution in [0.3, 0.4) is 0 Å². The van der Waals surface area contributed by atoms with Gasteiger partial charge >= 0.3 is 0 Å². The lowest BCUT2D eigenvalue weighted by Gasteiger charge is -2.27. The van der Waals surface area contributed by atoms with Crippen molar-refractivity contribution >= 4 is 0 Å². The predicted octanol–water partition coefficient (Wildman–Crippen LogP) is 4.47. The number of likely N-dealkylation sites (N-methyl/N-ethyl adjacent to an activating group) is 1. The molecule has 1 unspecified atom stereocenters. The zero-order chi connectivity index (χ0) is 13.7. The largest absolute Gasteiger partial charge is 0.491 e. The Morgan fingerprint density at radius 3 is 2.61 bits per heavy atom. The third-order valence-corrected chi connectivity index (χ3v) is 3.56. The molecule has 18 heavy (non-hydrogen) atoms. The lowest BCUT2D eigenvalue weighted by molar-refractivity contribution is 0.198. The molecule has 1 atom stereocenters. The van der Waals surface area contributed by atoms with Crippen molar-refractivity contribution in [2.45, 2.75) is 47.5 Å². The molecule has 0 spiro atoms. The van der Waals surface area contributed by atoms with Crippen molar-refractivity contribution in [1.29, 1.82) is 0 Å². The smallest absolute Gasteiger partial charge is 0.138 e. The lowest BCUT2D eigenvalue weighted by Crippen LogP contribution is -2.22. The van der Waals surface area contributed by atoms with Gasteiger partial charge in [-0.15, -0.1) is 0 Å². The first kappa shape index (κ1) is 14.9. The van der Waals surface area contributed by atoms with E-state index in [9.17, 15) is 0 Å². The Morgan fingerprint density at radius 1 is 1.44 bits per heavy atom. The van der Waals surface area contributed by atoms with E-state index in [4.69, 9.17) is 4.74 Å². The van der Waals surface area contributed by atoms with Crippen LogP contribution >= 0.6 is 0 Å². The molecule has 1 saturated heterocycles. The minimum atomic E-state index is 0.438. The van der Waals surface area contributed by atoms with Gasteiger partial charge in [0.1, 0.15) is 5.76 Å². The number of ether oxygens (including phenoxy) is 1. The number of hydrogen-bond acceptors (Lipinski definition) is 2. The highest BCUT2D eigenvalue weighted by Gasteiger charge is 2.25. The third kappa shape index (κ3) is 2.98. The van der Waals surface area contributed by atoms with Crippen LogP contribution in [0.2, 0.25) is 0 Å². The maximum Gasteiger partial charge on any atom is 0.138 e. The molecule has 2 nitrogen and oxygen atoms in total. The summed E-state index contributed by atoms with van der Waals surface area (Å²) < 4.78 is 5.97. The maximum absolute atomic E-state index is 5.97. The fourth-order valence-corrected chi connectivity index (χ4v) is 2.57. The van der Waals surface area contributed by atoms with Crippen LogP contribution in [0.1, 0.15) is 47.5 Å². The van der Waals surface area contributed by atoms with Gasteiger partial charge in [0, 0.05) is 18.7 Å². The van der Waals surface area contributed by atoms with E-state index in [1.807, 2.05) is 0 Å². The fraction of sp³-hybridized carbons (Fsp3) is 0.625. The van der Waals surface area contributed by atoms with Crippen molar-refractivity contribution in [3.8, 4) is 0 Å². The highest BCUT2D eigenvalue weighted by Crippen LogP contribution is 2.32. The molecule has 0 N–H and O–H groups in total. The molecule has 0 aromatic carbocycles. The van der Waals surface area contributed by atoms with Crippen molar-refractivity contribution < 1.29 is 4.74 Å². The van der Waals surface area contributed by atoms with Gasteiger partial charge < -0.3 is 9.64 Å². The highest BCUT2D eigenvalue weighted by molar-refractivity contribution is 5.32. The molecule has 0 amide bonds. The van der Waals surface area contributed by atoms with E-state index in [-0.39, 0.29) is 0 Å². The monoisotopic (exact) mass is 249 g/mol. The normalized spacial score (nSPS) is 28.3. The summed E-state index contributed by atoms with van der Waals surface area (Å²) in [4.78, 5) is 2.30. The Labute approximate surface area is 112 Å². The predicted molar refractivity (Wildman–Crippen MR) is 78.0 cm³/mol. The first-order chi connectivity index (χ1) is 8.56. The van der Waals surface area contributed by atoms with Crippen molar-refractivity contribution in [3.05, 3.63) is 34.9 Å². The van der Waals surface area contributed by atoms with Crippen molar-refractivity contribution in [2.24, 2.45) is 5.92 Å². The Hall–Kier alpha value is -1.18. The highest BCUT2D eigenvalue weighted by atomic mass is 16.5. The topological polar surface area (TPSA) is 12.5 Å². The molecule has 1 fully saturated rings. The van der Waals surface area contributed by atoms with E-state index < -0.39 is 0 Å². The SMILES string of the molecule is C/C=C1\C(=C/CC)OCC(C)/C(=C(\C)CC)N1C. The summed E-state index contributed by atoms with van der Waals surface area (Å²) in [7, 11) is 2.15. The Balaban J connectivity index is 3.25. The van der Waals surface area contributed by atoms with Gasteiger partial charge in [-0.25, -0.2) is 0 Å². The Morgan fingerprint density at radius 2 is 2.11 bits per heavy atom. The molecular weight excluding hydrogens is 222 g/mol. The molecule has 0 aliphatic carbocycles. The van der Waals surface area contributed by atoms with Gasteiger partial charge in [0.05, 0.1) is 12.3 Å². The third-order valence-electron chi connectivity index (χ3n) is 3.56. The minimum absolute atomic E-state index is 0.438. The molecule has 0 aromatic heterocycles. The van der Waals surface area contributed by atoms with Crippen LogP contribution in [0.15, 0.2) is 34.9 Å². The van der Waals surface area contributed by atoms with E-state index in [1.54, 1.807) is 0 Å². The minimum Gasteiger partial charge on any atom is -0.491 e. The van der Waals surface area contributed by atoms with Crippen LogP contribution in [0.5, 0.6) is 0 Å². The first-order valence-electron chi connectivity index (χ1n) is 6.99. The molecule has 2 heteroatoms. The van der Waals surface area contributed by atoms with Gasteiger partial charge in [0.2, 0.25) is 0 Å². The summed E-state index contributed by atoms with van der Waals surface area (Å²) >= 11 is 0. The van der Waals surface area contributed by atoms with Crippen molar-refractivity contribution in [2.75, 3.05) is 13.7 Å². The zero-order valence-electron chi connectivity index (χ0n) is 12.7. The average Bonchev–Trinajstić information content (AvgIpc) is 2.47. The second-order valence-electron chi connectivity index (χ2n) is 4.94. The van der Waals surface area contributed by atoms with E-state index >= 15 is 0 Å². The maximum atomic E-state index is 5.97. The van der Waals surface area contributed by atoms with Gasteiger partial charge in [-0.05, 0) is 32.8 Å². The van der Waals surface area contributed by atoms with Crippen molar-refractivity contribution in [3.63, 3.8) is 0 Å². The summed E-state index contributed by atoms with van der Waals surface area (Å²) in [5, 5.41) is 0. The Kier molecular flexibility index (Phi) is 5.52. The second-order valence-corrected chi connectivity index (χ2v) is 4.94. The molecule has 1 heterocycles. The Bertz CT molecular complexity index is 377. The van der Waals surface area contributed by atoms with Crippen LogP contribution in [-0.4, -0.2) is 18.6 Å². The summed E-state index contributed by atoms with van der Waals surface area (Å²) in [6.45, 7) is 11.7. The van der Waals surface area contributed by atoms with Gasteiger partial charge in [-0.3, -0.25) is 0 Å². The molecule has 0 bridgehead atoms. The summed E-state index contributed by atoms with van der Waals surface area (Å²) in [6, 6.07) is 0. The van der Waals surface area contributed by atoms with Crippen LogP contribution < -0.4 is 0 Å². The van der Waals surface area contributed by atoms with Gasteiger partial charge in [0.15, 0.2) is 0 Å². The van der Waals surface area contributed by atoms with Crippen LogP contribution in [-0.2, 0) is 4.74 Å². The molecular formula is C16H27NO. The van der Waals surface area contributed by atoms with Crippen molar-refractivity contribution in [1.82, 2.24) is 4.90 Å². The number of nitrogens with zero attached hydrogens (tertiary/aromatic N) is 1. The quantitative estimate of drug-likeness (QED) is 0.716. The summed E-state index contributed by atoms with van der Waals surface area (Å²) in [5.74, 6) is 1.46. The number of hydrogen-bond donors (Lipinski definition) is 0. The molecule has 102 valence electrons. The standard InChI is InChI=1S/C16H27NO/c1-7-10-15-14(9-3)17(6)16(12(4)8-2)13(5)11-18-15/h9-10,13H,7-8,11H2,1-6H3/b14-9+,15-10+,16-12-. The average molecular weight is 249 g/mol. The van der Waals surface area contributed by atoms with Gasteiger partial charge in [-0.2, -0.15) is 0 Å². The van der Waals surface area contributed by atoms with E-state index in [0.717, 1.165) is 25.2 Å². The fourth-order valence-electron chi connectivity index (χ4n) is 2.57. The second kappa shape index (κ2) is 6.67.